The summed E-state index contributed by atoms with van der Waals surface area (Å²) in [5.74, 6) is 0.0744. The van der Waals surface area contributed by atoms with Crippen molar-refractivity contribution >= 4 is 39.7 Å². The quantitative estimate of drug-likeness (QED) is 0.837. The molecule has 2 fully saturated rings. The van der Waals surface area contributed by atoms with E-state index in [1.165, 1.54) is 11.3 Å². The molecule has 1 atom stereocenters. The summed E-state index contributed by atoms with van der Waals surface area (Å²) in [5, 5.41) is 3.31. The molecular formula is C15H24ClN3O3S2. The van der Waals surface area contributed by atoms with Gasteiger partial charge in [-0.05, 0) is 31.9 Å². The third-order valence-electron chi connectivity index (χ3n) is 4.34. The van der Waals surface area contributed by atoms with Crippen LogP contribution in [0.4, 0.5) is 0 Å². The van der Waals surface area contributed by atoms with Crippen molar-refractivity contribution in [3.8, 4) is 0 Å². The number of sulfonamides is 1. The Morgan fingerprint density at radius 1 is 1.29 bits per heavy atom. The Morgan fingerprint density at radius 3 is 2.67 bits per heavy atom. The van der Waals surface area contributed by atoms with E-state index in [4.69, 9.17) is 0 Å². The average Bonchev–Trinajstić information content (AvgIpc) is 3.19. The molecule has 0 spiro atoms. The highest BCUT2D eigenvalue weighted by Crippen LogP contribution is 2.27. The Hall–Kier alpha value is -0.670. The summed E-state index contributed by atoms with van der Waals surface area (Å²) in [5.41, 5.74) is 0. The molecule has 1 N–H and O–H groups in total. The monoisotopic (exact) mass is 393 g/mol. The van der Waals surface area contributed by atoms with E-state index in [2.05, 4.69) is 12.2 Å². The van der Waals surface area contributed by atoms with Crippen LogP contribution in [0.2, 0.25) is 0 Å². The second-order valence-corrected chi connectivity index (χ2v) is 9.54. The highest BCUT2D eigenvalue weighted by molar-refractivity contribution is 7.91. The Bertz CT molecular complexity index is 671. The predicted octanol–water partition coefficient (Wildman–Crippen LogP) is 1.32. The maximum absolute atomic E-state index is 12.5. The molecule has 136 valence electrons. The lowest BCUT2D eigenvalue weighted by molar-refractivity contribution is -0.131. The Balaban J connectivity index is 0.00000208. The van der Waals surface area contributed by atoms with Gasteiger partial charge >= 0.3 is 0 Å². The molecule has 24 heavy (non-hydrogen) atoms. The van der Waals surface area contributed by atoms with Crippen LogP contribution in [0, 0.1) is 0 Å². The molecule has 3 heterocycles. The number of nitrogens with one attached hydrogen (secondary N) is 1. The second kappa shape index (κ2) is 8.14. The highest BCUT2D eigenvalue weighted by atomic mass is 35.5. The fourth-order valence-electron chi connectivity index (χ4n) is 3.07. The molecule has 6 nitrogen and oxygen atoms in total. The summed E-state index contributed by atoms with van der Waals surface area (Å²) in [4.78, 5) is 15.0. The van der Waals surface area contributed by atoms with Crippen molar-refractivity contribution in [2.45, 2.75) is 36.4 Å². The zero-order chi connectivity index (χ0) is 16.4. The van der Waals surface area contributed by atoms with E-state index < -0.39 is 10.0 Å². The van der Waals surface area contributed by atoms with Crippen molar-refractivity contribution in [1.82, 2.24) is 14.5 Å². The van der Waals surface area contributed by atoms with E-state index in [-0.39, 0.29) is 24.7 Å². The van der Waals surface area contributed by atoms with Crippen LogP contribution in [-0.2, 0) is 21.2 Å². The standard InChI is InChI=1S/C15H23N3O3S2.ClH/c1-12-11-17(9-6-16-12)14(19)10-13-4-5-15(22-13)23(20,21)18-7-2-3-8-18;/h4-5,12,16H,2-3,6-11H2,1H3;1H. The summed E-state index contributed by atoms with van der Waals surface area (Å²) in [6, 6.07) is 3.72. The van der Waals surface area contributed by atoms with Crippen LogP contribution in [-0.4, -0.2) is 62.3 Å². The number of carbonyl (C=O) groups is 1. The minimum Gasteiger partial charge on any atom is -0.340 e. The molecular weight excluding hydrogens is 370 g/mol. The summed E-state index contributed by atoms with van der Waals surface area (Å²) >= 11 is 1.23. The zero-order valence-corrected chi connectivity index (χ0v) is 16.2. The summed E-state index contributed by atoms with van der Waals surface area (Å²) in [7, 11) is -3.37. The third kappa shape index (κ3) is 4.29. The number of nitrogens with zero attached hydrogens (tertiary/aromatic N) is 2. The van der Waals surface area contributed by atoms with Crippen molar-refractivity contribution in [1.29, 1.82) is 0 Å². The highest BCUT2D eigenvalue weighted by Gasteiger charge is 2.29. The molecule has 2 saturated heterocycles. The van der Waals surface area contributed by atoms with E-state index in [0.29, 0.717) is 36.4 Å². The van der Waals surface area contributed by atoms with Gasteiger partial charge in [0.05, 0.1) is 6.42 Å². The number of amides is 1. The number of halogens is 1. The molecule has 1 unspecified atom stereocenters. The van der Waals surface area contributed by atoms with Gasteiger partial charge < -0.3 is 10.2 Å². The van der Waals surface area contributed by atoms with Crippen LogP contribution < -0.4 is 5.32 Å². The second-order valence-electron chi connectivity index (χ2n) is 6.20. The van der Waals surface area contributed by atoms with Gasteiger partial charge in [-0.25, -0.2) is 8.42 Å². The van der Waals surface area contributed by atoms with Gasteiger partial charge in [-0.2, -0.15) is 4.31 Å². The van der Waals surface area contributed by atoms with Crippen molar-refractivity contribution in [2.75, 3.05) is 32.7 Å². The van der Waals surface area contributed by atoms with Gasteiger partial charge in [-0.15, -0.1) is 23.7 Å². The Kier molecular flexibility index (Phi) is 6.66. The molecule has 0 radical (unpaired) electrons. The predicted molar refractivity (Wildman–Crippen MR) is 97.3 cm³/mol. The molecule has 2 aliphatic heterocycles. The van der Waals surface area contributed by atoms with Crippen molar-refractivity contribution < 1.29 is 13.2 Å². The largest absolute Gasteiger partial charge is 0.340 e. The normalized spacial score (nSPS) is 22.4. The average molecular weight is 394 g/mol. The lowest BCUT2D eigenvalue weighted by Gasteiger charge is -2.31. The number of piperazine rings is 1. The van der Waals surface area contributed by atoms with Crippen LogP contribution >= 0.6 is 23.7 Å². The van der Waals surface area contributed by atoms with E-state index >= 15 is 0 Å². The van der Waals surface area contributed by atoms with Crippen LogP contribution in [0.15, 0.2) is 16.3 Å². The molecule has 2 aliphatic rings. The third-order valence-corrected chi connectivity index (χ3v) is 7.79. The topological polar surface area (TPSA) is 69.7 Å². The first-order valence-electron chi connectivity index (χ1n) is 8.07. The number of thiophene rings is 1. The van der Waals surface area contributed by atoms with Crippen molar-refractivity contribution in [3.63, 3.8) is 0 Å². The molecule has 0 saturated carbocycles. The fourth-order valence-corrected chi connectivity index (χ4v) is 6.09. The van der Waals surface area contributed by atoms with Gasteiger partial charge in [-0.1, -0.05) is 0 Å². The SMILES string of the molecule is CC1CN(C(=O)Cc2ccc(S(=O)(=O)N3CCCC3)s2)CCN1.Cl. The lowest BCUT2D eigenvalue weighted by atomic mass is 10.2. The zero-order valence-electron chi connectivity index (χ0n) is 13.7. The molecule has 1 amide bonds. The molecule has 0 aromatic carbocycles. The molecule has 1 aromatic rings. The minimum atomic E-state index is -3.37. The van der Waals surface area contributed by atoms with Gasteiger partial charge in [0.2, 0.25) is 5.91 Å². The fraction of sp³-hybridized carbons (Fsp3) is 0.667. The summed E-state index contributed by atoms with van der Waals surface area (Å²) < 4.78 is 26.9. The first-order valence-corrected chi connectivity index (χ1v) is 10.3. The van der Waals surface area contributed by atoms with Crippen molar-refractivity contribution in [2.24, 2.45) is 0 Å². The first-order chi connectivity index (χ1) is 11.0. The molecule has 0 bridgehead atoms. The number of rotatable bonds is 4. The molecule has 3 rings (SSSR count). The summed E-state index contributed by atoms with van der Waals surface area (Å²) in [6.45, 7) is 5.51. The van der Waals surface area contributed by atoms with Crippen LogP contribution in [0.3, 0.4) is 0 Å². The van der Waals surface area contributed by atoms with E-state index in [1.807, 2.05) is 4.90 Å². The van der Waals surface area contributed by atoms with Crippen LogP contribution in [0.5, 0.6) is 0 Å². The first kappa shape index (κ1) is 19.7. The molecule has 1 aromatic heterocycles. The summed E-state index contributed by atoms with van der Waals surface area (Å²) in [6.07, 6.45) is 2.14. The molecule has 0 aliphatic carbocycles. The lowest BCUT2D eigenvalue weighted by Crippen LogP contribution is -2.51. The van der Waals surface area contributed by atoms with E-state index in [9.17, 15) is 13.2 Å². The Labute approximate surface area is 153 Å². The van der Waals surface area contributed by atoms with Crippen LogP contribution in [0.25, 0.3) is 0 Å². The van der Waals surface area contributed by atoms with Gasteiger partial charge in [-0.3, -0.25) is 4.79 Å². The van der Waals surface area contributed by atoms with E-state index in [0.717, 1.165) is 24.3 Å². The van der Waals surface area contributed by atoms with Crippen LogP contribution in [0.1, 0.15) is 24.6 Å². The number of hydrogen-bond acceptors (Lipinski definition) is 5. The Morgan fingerprint density at radius 2 is 2.00 bits per heavy atom. The van der Waals surface area contributed by atoms with Crippen molar-refractivity contribution in [3.05, 3.63) is 17.0 Å². The maximum Gasteiger partial charge on any atom is 0.252 e. The van der Waals surface area contributed by atoms with Gasteiger partial charge in [0, 0.05) is 43.6 Å². The molecule has 9 heteroatoms. The number of carbonyl (C=O) groups excluding carboxylic acids is 1. The van der Waals surface area contributed by atoms with Gasteiger partial charge in [0.25, 0.3) is 10.0 Å². The smallest absolute Gasteiger partial charge is 0.252 e. The van der Waals surface area contributed by atoms with Gasteiger partial charge in [0.15, 0.2) is 0 Å². The van der Waals surface area contributed by atoms with E-state index in [1.54, 1.807) is 16.4 Å². The maximum atomic E-state index is 12.5. The minimum absolute atomic E-state index is 0. The number of hydrogen-bond donors (Lipinski definition) is 1. The van der Waals surface area contributed by atoms with Gasteiger partial charge in [0.1, 0.15) is 4.21 Å².